The van der Waals surface area contributed by atoms with Gasteiger partial charge in [-0.3, -0.25) is 4.79 Å². The van der Waals surface area contributed by atoms with Gasteiger partial charge in [-0.1, -0.05) is 30.3 Å². The van der Waals surface area contributed by atoms with E-state index in [2.05, 4.69) is 0 Å². The Hall–Kier alpha value is -2.38. The number of hydrogen-bond donors (Lipinski definition) is 1. The molecule has 0 aliphatic carbocycles. The maximum Gasteiger partial charge on any atom is 0.226 e. The van der Waals surface area contributed by atoms with E-state index in [1.54, 1.807) is 17.0 Å². The molecule has 0 spiro atoms. The van der Waals surface area contributed by atoms with Gasteiger partial charge in [-0.15, -0.1) is 0 Å². The van der Waals surface area contributed by atoms with Gasteiger partial charge in [0, 0.05) is 25.9 Å². The second-order valence-electron chi connectivity index (χ2n) is 6.25. The van der Waals surface area contributed by atoms with Crippen LogP contribution in [0.1, 0.15) is 12.0 Å². The summed E-state index contributed by atoms with van der Waals surface area (Å²) < 4.78 is 28.5. The number of nitrogens with two attached hydrogens (primary N) is 1. The van der Waals surface area contributed by atoms with Crippen molar-refractivity contribution in [3.05, 3.63) is 60.2 Å². The van der Waals surface area contributed by atoms with Gasteiger partial charge >= 0.3 is 0 Å². The standard InChI is InChI=1S/C20H26N2O4S/c1-27(24,25)19-9-7-18(8-10-19)26-16-12-20(23)22(15-13-21)14-11-17-5-3-2-4-6-17/h2-10H,11-16,21H2,1H3. The molecule has 0 fully saturated rings. The lowest BCUT2D eigenvalue weighted by atomic mass is 10.1. The van der Waals surface area contributed by atoms with Gasteiger partial charge in [0.2, 0.25) is 5.91 Å². The highest BCUT2D eigenvalue weighted by molar-refractivity contribution is 7.90. The summed E-state index contributed by atoms with van der Waals surface area (Å²) in [5.74, 6) is 0.522. The third-order valence-corrected chi connectivity index (χ3v) is 5.23. The molecule has 0 saturated carbocycles. The maximum absolute atomic E-state index is 12.4. The van der Waals surface area contributed by atoms with E-state index in [0.29, 0.717) is 25.4 Å². The highest BCUT2D eigenvalue weighted by Crippen LogP contribution is 2.16. The van der Waals surface area contributed by atoms with Crippen LogP contribution >= 0.6 is 0 Å². The van der Waals surface area contributed by atoms with Crippen molar-refractivity contribution in [2.24, 2.45) is 5.73 Å². The predicted molar refractivity (Wildman–Crippen MR) is 105 cm³/mol. The van der Waals surface area contributed by atoms with Gasteiger partial charge in [-0.05, 0) is 36.2 Å². The van der Waals surface area contributed by atoms with Gasteiger partial charge in [0.05, 0.1) is 17.9 Å². The first-order valence-corrected chi connectivity index (χ1v) is 10.7. The van der Waals surface area contributed by atoms with Gasteiger partial charge in [0.15, 0.2) is 9.84 Å². The van der Waals surface area contributed by atoms with E-state index in [-0.39, 0.29) is 23.8 Å². The van der Waals surface area contributed by atoms with Crippen LogP contribution < -0.4 is 10.5 Å². The molecule has 27 heavy (non-hydrogen) atoms. The molecular formula is C20H26N2O4S. The Balaban J connectivity index is 1.82. The Bertz CT molecular complexity index is 821. The van der Waals surface area contributed by atoms with Crippen LogP contribution in [0.4, 0.5) is 0 Å². The van der Waals surface area contributed by atoms with Gasteiger partial charge in [0.25, 0.3) is 0 Å². The number of ether oxygens (including phenoxy) is 1. The number of hydrogen-bond acceptors (Lipinski definition) is 5. The third kappa shape index (κ3) is 7.03. The first-order chi connectivity index (χ1) is 12.9. The summed E-state index contributed by atoms with van der Waals surface area (Å²) in [6.07, 6.45) is 2.17. The molecule has 7 heteroatoms. The zero-order valence-corrected chi connectivity index (χ0v) is 16.3. The Labute approximate surface area is 160 Å². The lowest BCUT2D eigenvalue weighted by molar-refractivity contribution is -0.131. The molecule has 0 aliphatic heterocycles. The third-order valence-electron chi connectivity index (χ3n) is 4.10. The molecule has 2 aromatic carbocycles. The topological polar surface area (TPSA) is 89.7 Å². The molecule has 2 N–H and O–H groups in total. The Morgan fingerprint density at radius 2 is 1.70 bits per heavy atom. The molecular weight excluding hydrogens is 364 g/mol. The van der Waals surface area contributed by atoms with E-state index in [9.17, 15) is 13.2 Å². The summed E-state index contributed by atoms with van der Waals surface area (Å²) in [7, 11) is -3.23. The van der Waals surface area contributed by atoms with Crippen LogP contribution in [0.15, 0.2) is 59.5 Å². The molecule has 0 atom stereocenters. The van der Waals surface area contributed by atoms with Crippen molar-refractivity contribution in [2.75, 3.05) is 32.5 Å². The van der Waals surface area contributed by atoms with E-state index in [1.807, 2.05) is 30.3 Å². The van der Waals surface area contributed by atoms with Crippen molar-refractivity contribution in [2.45, 2.75) is 17.7 Å². The fraction of sp³-hybridized carbons (Fsp3) is 0.350. The molecule has 0 saturated heterocycles. The van der Waals surface area contributed by atoms with Crippen LogP contribution in [0.5, 0.6) is 5.75 Å². The average Bonchev–Trinajstić information content (AvgIpc) is 2.65. The largest absolute Gasteiger partial charge is 0.493 e. The van der Waals surface area contributed by atoms with Crippen molar-refractivity contribution in [1.82, 2.24) is 4.90 Å². The van der Waals surface area contributed by atoms with Crippen LogP contribution in [0, 0.1) is 0 Å². The quantitative estimate of drug-likeness (QED) is 0.669. The lowest BCUT2D eigenvalue weighted by Crippen LogP contribution is -2.37. The Morgan fingerprint density at radius 3 is 2.30 bits per heavy atom. The molecule has 0 unspecified atom stereocenters. The minimum absolute atomic E-state index is 0.0101. The summed E-state index contributed by atoms with van der Waals surface area (Å²) in [5.41, 5.74) is 6.81. The first kappa shape index (κ1) is 20.9. The van der Waals surface area contributed by atoms with Crippen LogP contribution in [0.25, 0.3) is 0 Å². The van der Waals surface area contributed by atoms with E-state index in [1.165, 1.54) is 17.7 Å². The minimum atomic E-state index is -3.23. The molecule has 146 valence electrons. The molecule has 2 rings (SSSR count). The van der Waals surface area contributed by atoms with Crippen LogP contribution in [-0.4, -0.2) is 51.7 Å². The summed E-state index contributed by atoms with van der Waals surface area (Å²) in [5, 5.41) is 0. The predicted octanol–water partition coefficient (Wildman–Crippen LogP) is 1.89. The zero-order chi connectivity index (χ0) is 19.7. The van der Waals surface area contributed by atoms with Gasteiger partial charge in [-0.25, -0.2) is 8.42 Å². The van der Waals surface area contributed by atoms with Crippen LogP contribution in [0.3, 0.4) is 0 Å². The van der Waals surface area contributed by atoms with Crippen LogP contribution in [-0.2, 0) is 21.1 Å². The average molecular weight is 391 g/mol. The van der Waals surface area contributed by atoms with E-state index < -0.39 is 9.84 Å². The molecule has 0 aliphatic rings. The molecule has 0 radical (unpaired) electrons. The fourth-order valence-electron chi connectivity index (χ4n) is 2.62. The highest BCUT2D eigenvalue weighted by Gasteiger charge is 2.13. The zero-order valence-electron chi connectivity index (χ0n) is 15.5. The second kappa shape index (κ2) is 10.1. The summed E-state index contributed by atoms with van der Waals surface area (Å²) in [4.78, 5) is 14.4. The molecule has 1 amide bonds. The summed E-state index contributed by atoms with van der Waals surface area (Å²) >= 11 is 0. The SMILES string of the molecule is CS(=O)(=O)c1ccc(OCCC(=O)N(CCN)CCc2ccccc2)cc1. The van der Waals surface area contributed by atoms with Crippen molar-refractivity contribution < 1.29 is 17.9 Å². The lowest BCUT2D eigenvalue weighted by Gasteiger charge is -2.22. The van der Waals surface area contributed by atoms with E-state index >= 15 is 0 Å². The number of benzene rings is 2. The summed E-state index contributed by atoms with van der Waals surface area (Å²) in [6.45, 7) is 1.76. The summed E-state index contributed by atoms with van der Waals surface area (Å²) in [6, 6.07) is 16.2. The number of nitrogens with zero attached hydrogens (tertiary/aromatic N) is 1. The van der Waals surface area contributed by atoms with Crippen molar-refractivity contribution in [1.29, 1.82) is 0 Å². The van der Waals surface area contributed by atoms with Gasteiger partial charge in [0.1, 0.15) is 5.75 Å². The van der Waals surface area contributed by atoms with E-state index in [4.69, 9.17) is 10.5 Å². The van der Waals surface area contributed by atoms with Crippen molar-refractivity contribution in [3.8, 4) is 5.75 Å². The number of carbonyl (C=O) groups is 1. The molecule has 6 nitrogen and oxygen atoms in total. The fourth-order valence-corrected chi connectivity index (χ4v) is 3.25. The molecule has 0 bridgehead atoms. The first-order valence-electron chi connectivity index (χ1n) is 8.85. The van der Waals surface area contributed by atoms with Crippen molar-refractivity contribution >= 4 is 15.7 Å². The highest BCUT2D eigenvalue weighted by atomic mass is 32.2. The van der Waals surface area contributed by atoms with Crippen molar-refractivity contribution in [3.63, 3.8) is 0 Å². The van der Waals surface area contributed by atoms with Gasteiger partial charge < -0.3 is 15.4 Å². The number of sulfone groups is 1. The normalized spacial score (nSPS) is 11.2. The molecule has 0 heterocycles. The number of carbonyl (C=O) groups excluding carboxylic acids is 1. The van der Waals surface area contributed by atoms with Gasteiger partial charge in [-0.2, -0.15) is 0 Å². The maximum atomic E-state index is 12.4. The smallest absolute Gasteiger partial charge is 0.226 e. The molecule has 0 aromatic heterocycles. The second-order valence-corrected chi connectivity index (χ2v) is 8.26. The number of amides is 1. The van der Waals surface area contributed by atoms with E-state index in [0.717, 1.165) is 12.7 Å². The monoisotopic (exact) mass is 390 g/mol. The Morgan fingerprint density at radius 1 is 1.04 bits per heavy atom. The minimum Gasteiger partial charge on any atom is -0.493 e. The molecule has 2 aromatic rings. The Kier molecular flexibility index (Phi) is 7.82. The number of rotatable bonds is 10. The van der Waals surface area contributed by atoms with Crippen LogP contribution in [0.2, 0.25) is 0 Å².